The van der Waals surface area contributed by atoms with Crippen LogP contribution < -0.4 is 0 Å². The van der Waals surface area contributed by atoms with Crippen LogP contribution in [0.25, 0.3) is 0 Å². The van der Waals surface area contributed by atoms with E-state index in [1.165, 1.54) is 6.07 Å². The van der Waals surface area contributed by atoms with Gasteiger partial charge in [-0.2, -0.15) is 4.31 Å². The molecule has 1 fully saturated rings. The van der Waals surface area contributed by atoms with Crippen LogP contribution in [0.3, 0.4) is 0 Å². The van der Waals surface area contributed by atoms with Crippen molar-refractivity contribution in [1.29, 1.82) is 0 Å². The maximum absolute atomic E-state index is 12.6. The van der Waals surface area contributed by atoms with E-state index < -0.39 is 22.0 Å². The van der Waals surface area contributed by atoms with E-state index in [1.54, 1.807) is 6.07 Å². The summed E-state index contributed by atoms with van der Waals surface area (Å²) in [5.41, 5.74) is 0. The number of nitrogens with zero attached hydrogens (tertiary/aromatic N) is 1. The van der Waals surface area contributed by atoms with Crippen molar-refractivity contribution in [2.75, 3.05) is 6.54 Å². The predicted octanol–water partition coefficient (Wildman–Crippen LogP) is 2.77. The molecule has 112 valence electrons. The van der Waals surface area contributed by atoms with Crippen LogP contribution in [-0.4, -0.2) is 36.4 Å². The highest BCUT2D eigenvalue weighted by atomic mass is 79.9. The Labute approximate surface area is 130 Å². The summed E-state index contributed by atoms with van der Waals surface area (Å²) in [6.45, 7) is 2.28. The highest BCUT2D eigenvalue weighted by molar-refractivity contribution is 9.11. The minimum Gasteiger partial charge on any atom is -0.480 e. The van der Waals surface area contributed by atoms with E-state index in [9.17, 15) is 18.3 Å². The molecule has 5 nitrogen and oxygen atoms in total. The topological polar surface area (TPSA) is 74.7 Å². The van der Waals surface area contributed by atoms with Crippen molar-refractivity contribution in [1.82, 2.24) is 4.31 Å². The maximum Gasteiger partial charge on any atom is 0.322 e. The molecule has 0 spiro atoms. The number of carbonyl (C=O) groups is 1. The summed E-state index contributed by atoms with van der Waals surface area (Å²) in [6, 6.07) is 2.21. The lowest BCUT2D eigenvalue weighted by molar-refractivity contribution is -0.143. The van der Waals surface area contributed by atoms with Gasteiger partial charge in [-0.25, -0.2) is 8.42 Å². The molecule has 8 heteroatoms. The van der Waals surface area contributed by atoms with Gasteiger partial charge < -0.3 is 5.11 Å². The first-order valence-corrected chi connectivity index (χ1v) is 9.41. The third-order valence-electron chi connectivity index (χ3n) is 3.64. The zero-order valence-electron chi connectivity index (χ0n) is 11.0. The molecule has 0 aliphatic carbocycles. The van der Waals surface area contributed by atoms with Crippen molar-refractivity contribution >= 4 is 43.3 Å². The normalized spacial score (nSPS) is 24.7. The summed E-state index contributed by atoms with van der Waals surface area (Å²) < 4.78 is 27.2. The SMILES string of the molecule is CCC1CCN(S(=O)(=O)c2ccc(Br)s2)C(C(=O)O)C1. The van der Waals surface area contributed by atoms with Gasteiger partial charge in [-0.3, -0.25) is 4.79 Å². The minimum absolute atomic E-state index is 0.186. The summed E-state index contributed by atoms with van der Waals surface area (Å²) in [7, 11) is -3.73. The molecule has 0 amide bonds. The Balaban J connectivity index is 2.32. The van der Waals surface area contributed by atoms with Crippen molar-refractivity contribution < 1.29 is 18.3 Å². The number of halogens is 1. The van der Waals surface area contributed by atoms with Crippen LogP contribution in [0.1, 0.15) is 26.2 Å². The maximum atomic E-state index is 12.6. The van der Waals surface area contributed by atoms with E-state index in [2.05, 4.69) is 15.9 Å². The molecule has 1 aromatic heterocycles. The number of carboxylic acids is 1. The molecule has 0 bridgehead atoms. The van der Waals surface area contributed by atoms with Crippen molar-refractivity contribution in [3.05, 3.63) is 15.9 Å². The molecule has 2 atom stereocenters. The van der Waals surface area contributed by atoms with E-state index in [1.807, 2.05) is 6.92 Å². The lowest BCUT2D eigenvalue weighted by Gasteiger charge is -2.35. The molecule has 0 radical (unpaired) electrons. The minimum atomic E-state index is -3.73. The van der Waals surface area contributed by atoms with Gasteiger partial charge in [-0.05, 0) is 46.8 Å². The third kappa shape index (κ3) is 3.08. The van der Waals surface area contributed by atoms with Crippen LogP contribution in [0.2, 0.25) is 0 Å². The third-order valence-corrected chi connectivity index (χ3v) is 7.64. The molecule has 0 aromatic carbocycles. The molecule has 1 aromatic rings. The number of piperidine rings is 1. The number of rotatable bonds is 4. The molecule has 1 aliphatic heterocycles. The first kappa shape index (κ1) is 15.9. The average Bonchev–Trinajstić information content (AvgIpc) is 2.85. The molecular formula is C12H16BrNO4S2. The summed E-state index contributed by atoms with van der Waals surface area (Å²) in [4.78, 5) is 11.4. The van der Waals surface area contributed by atoms with E-state index in [0.717, 1.165) is 22.1 Å². The van der Waals surface area contributed by atoms with Gasteiger partial charge in [-0.1, -0.05) is 13.3 Å². The summed E-state index contributed by atoms with van der Waals surface area (Å²) >= 11 is 4.34. The second kappa shape index (κ2) is 6.13. The highest BCUT2D eigenvalue weighted by Crippen LogP contribution is 2.34. The Morgan fingerprint density at radius 1 is 1.55 bits per heavy atom. The van der Waals surface area contributed by atoms with Crippen molar-refractivity contribution in [2.45, 2.75) is 36.4 Å². The second-order valence-corrected chi connectivity index (χ2v) is 9.41. The first-order valence-electron chi connectivity index (χ1n) is 6.36. The fourth-order valence-corrected chi connectivity index (χ4v) is 6.20. The lowest BCUT2D eigenvalue weighted by atomic mass is 9.90. The van der Waals surface area contributed by atoms with E-state index >= 15 is 0 Å². The van der Waals surface area contributed by atoms with Crippen molar-refractivity contribution in [3.63, 3.8) is 0 Å². The number of thiophene rings is 1. The Kier molecular flexibility index (Phi) is 4.88. The Bertz CT molecular complexity index is 598. The standard InChI is InChI=1S/C12H16BrNO4S2/c1-2-8-5-6-14(9(7-8)12(15)16)20(17,18)11-4-3-10(13)19-11/h3-4,8-9H,2,5-7H2,1H3,(H,15,16). The second-order valence-electron chi connectivity index (χ2n) is 4.83. The van der Waals surface area contributed by atoms with E-state index in [0.29, 0.717) is 16.6 Å². The van der Waals surface area contributed by atoms with Crippen LogP contribution in [0, 0.1) is 5.92 Å². The predicted molar refractivity (Wildman–Crippen MR) is 80.3 cm³/mol. The Hall–Kier alpha value is -0.440. The van der Waals surface area contributed by atoms with Gasteiger partial charge in [0.1, 0.15) is 10.3 Å². The van der Waals surface area contributed by atoms with Gasteiger partial charge in [0, 0.05) is 6.54 Å². The highest BCUT2D eigenvalue weighted by Gasteiger charge is 2.40. The average molecular weight is 382 g/mol. The number of carboxylic acid groups (broad SMARTS) is 1. The summed E-state index contributed by atoms with van der Waals surface area (Å²) in [5, 5.41) is 9.33. The van der Waals surface area contributed by atoms with Crippen LogP contribution in [0.4, 0.5) is 0 Å². The zero-order valence-corrected chi connectivity index (χ0v) is 14.2. The summed E-state index contributed by atoms with van der Waals surface area (Å²) in [5.74, 6) is -0.792. The molecule has 2 rings (SSSR count). The van der Waals surface area contributed by atoms with Gasteiger partial charge in [0.2, 0.25) is 0 Å². The smallest absolute Gasteiger partial charge is 0.322 e. The van der Waals surface area contributed by atoms with Gasteiger partial charge in [-0.15, -0.1) is 11.3 Å². The molecule has 1 aliphatic rings. The Morgan fingerprint density at radius 3 is 2.75 bits per heavy atom. The number of hydrogen-bond acceptors (Lipinski definition) is 4. The Morgan fingerprint density at radius 2 is 2.25 bits per heavy atom. The number of hydrogen-bond donors (Lipinski definition) is 1. The molecule has 2 unspecified atom stereocenters. The zero-order chi connectivity index (χ0) is 14.9. The quantitative estimate of drug-likeness (QED) is 0.869. The summed E-state index contributed by atoms with van der Waals surface area (Å²) in [6.07, 6.45) is 1.98. The van der Waals surface area contributed by atoms with Gasteiger partial charge >= 0.3 is 5.97 Å². The molecule has 0 saturated carbocycles. The lowest BCUT2D eigenvalue weighted by Crippen LogP contribution is -2.49. The van der Waals surface area contributed by atoms with Crippen LogP contribution in [-0.2, 0) is 14.8 Å². The fraction of sp³-hybridized carbons (Fsp3) is 0.583. The molecule has 1 saturated heterocycles. The molecule has 20 heavy (non-hydrogen) atoms. The number of aliphatic carboxylic acids is 1. The monoisotopic (exact) mass is 381 g/mol. The van der Waals surface area contributed by atoms with E-state index in [-0.39, 0.29) is 16.7 Å². The van der Waals surface area contributed by atoms with Gasteiger partial charge in [0.25, 0.3) is 10.0 Å². The number of sulfonamides is 1. The van der Waals surface area contributed by atoms with Crippen LogP contribution in [0.15, 0.2) is 20.1 Å². The van der Waals surface area contributed by atoms with Crippen LogP contribution in [0.5, 0.6) is 0 Å². The largest absolute Gasteiger partial charge is 0.480 e. The van der Waals surface area contributed by atoms with Gasteiger partial charge in [0.05, 0.1) is 3.79 Å². The molecule has 2 heterocycles. The van der Waals surface area contributed by atoms with Crippen LogP contribution >= 0.6 is 27.3 Å². The molecular weight excluding hydrogens is 366 g/mol. The van der Waals surface area contributed by atoms with Crippen molar-refractivity contribution in [2.24, 2.45) is 5.92 Å². The van der Waals surface area contributed by atoms with Gasteiger partial charge in [0.15, 0.2) is 0 Å². The first-order chi connectivity index (χ1) is 9.36. The molecule has 1 N–H and O–H groups in total. The van der Waals surface area contributed by atoms with E-state index in [4.69, 9.17) is 0 Å². The fourth-order valence-electron chi connectivity index (χ4n) is 2.45. The van der Waals surface area contributed by atoms with Crippen molar-refractivity contribution in [3.8, 4) is 0 Å².